The van der Waals surface area contributed by atoms with Crippen molar-refractivity contribution in [2.75, 3.05) is 7.11 Å². The maximum atomic E-state index is 12.8. The van der Waals surface area contributed by atoms with E-state index in [1.807, 2.05) is 0 Å². The molecule has 0 radical (unpaired) electrons. The number of carbonyl (C=O) groups excluding carboxylic acids is 1. The number of rotatable bonds is 4. The predicted molar refractivity (Wildman–Crippen MR) is 93.7 cm³/mol. The van der Waals surface area contributed by atoms with Gasteiger partial charge in [0.15, 0.2) is 5.69 Å². The Kier molecular flexibility index (Phi) is 4.44. The summed E-state index contributed by atoms with van der Waals surface area (Å²) in [5, 5.41) is 11.8. The van der Waals surface area contributed by atoms with Crippen LogP contribution in [0, 0.1) is 0 Å². The van der Waals surface area contributed by atoms with Gasteiger partial charge in [0.1, 0.15) is 0 Å². The van der Waals surface area contributed by atoms with Gasteiger partial charge in [-0.25, -0.2) is 9.48 Å². The van der Waals surface area contributed by atoms with Gasteiger partial charge in [0.05, 0.1) is 30.9 Å². The Morgan fingerprint density at radius 3 is 2.62 bits per heavy atom. The van der Waals surface area contributed by atoms with Gasteiger partial charge in [0, 0.05) is 24.4 Å². The van der Waals surface area contributed by atoms with Crippen molar-refractivity contribution in [2.45, 2.75) is 6.92 Å². The minimum atomic E-state index is -0.652. The van der Waals surface area contributed by atoms with E-state index >= 15 is 0 Å². The number of hydrogen-bond acceptors (Lipinski definition) is 7. The summed E-state index contributed by atoms with van der Waals surface area (Å²) < 4.78 is 7.41. The highest BCUT2D eigenvalue weighted by atomic mass is 16.5. The Morgan fingerprint density at radius 1 is 1.23 bits per heavy atom. The molecule has 3 heterocycles. The largest absolute Gasteiger partial charge is 0.464 e. The number of esters is 1. The van der Waals surface area contributed by atoms with Gasteiger partial charge in [-0.1, -0.05) is 11.8 Å². The molecule has 0 saturated heterocycles. The maximum absolute atomic E-state index is 12.8. The molecule has 0 spiro atoms. The topological polar surface area (TPSA) is 105 Å². The molecule has 0 fully saturated rings. The lowest BCUT2D eigenvalue weighted by molar-refractivity contribution is 0.0591. The molecule has 26 heavy (non-hydrogen) atoms. The highest BCUT2D eigenvalue weighted by Gasteiger charge is 2.17. The lowest BCUT2D eigenvalue weighted by Crippen LogP contribution is -2.27. The molecule has 3 rings (SSSR count). The molecule has 0 aromatic carbocycles. The first-order chi connectivity index (χ1) is 12.4. The third kappa shape index (κ3) is 3.02. The number of hydrogen-bond donors (Lipinski definition) is 0. The Bertz CT molecular complexity index is 1070. The van der Waals surface area contributed by atoms with Crippen molar-refractivity contribution >= 4 is 11.5 Å². The van der Waals surface area contributed by atoms with Crippen LogP contribution in [0.2, 0.25) is 0 Å². The number of pyridine rings is 1. The summed E-state index contributed by atoms with van der Waals surface area (Å²) in [7, 11) is 2.99. The van der Waals surface area contributed by atoms with E-state index in [-0.39, 0.29) is 11.3 Å². The zero-order valence-electron chi connectivity index (χ0n) is 14.5. The summed E-state index contributed by atoms with van der Waals surface area (Å²) in [6.07, 6.45) is 4.68. The first-order valence-electron chi connectivity index (χ1n) is 7.61. The van der Waals surface area contributed by atoms with Gasteiger partial charge in [-0.05, 0) is 24.6 Å². The summed E-state index contributed by atoms with van der Waals surface area (Å²) in [4.78, 5) is 28.8. The van der Waals surface area contributed by atoms with Crippen molar-refractivity contribution in [3.8, 4) is 16.9 Å². The Hall–Kier alpha value is -3.62. The minimum Gasteiger partial charge on any atom is -0.464 e. The van der Waals surface area contributed by atoms with E-state index < -0.39 is 11.5 Å². The second kappa shape index (κ2) is 6.71. The fourth-order valence-electron chi connectivity index (χ4n) is 2.41. The first-order valence-corrected chi connectivity index (χ1v) is 7.61. The molecule has 0 atom stereocenters. The molecule has 0 saturated carbocycles. The number of aromatic nitrogens is 6. The maximum Gasteiger partial charge on any atom is 0.358 e. The standard InChI is InChI=1S/C17H16N6O3/c1-10(2)13-6-14(17(25)26-4)20-23(16(13)24)12-5-11(7-18-8-12)15-9-19-21-22(15)3/h5-9H,1H2,2-4H3. The average molecular weight is 352 g/mol. The van der Waals surface area contributed by atoms with E-state index in [1.54, 1.807) is 37.1 Å². The van der Waals surface area contributed by atoms with Crippen LogP contribution in [0.15, 0.2) is 42.1 Å². The second-order valence-corrected chi connectivity index (χ2v) is 5.61. The third-order valence-electron chi connectivity index (χ3n) is 3.74. The van der Waals surface area contributed by atoms with Gasteiger partial charge in [-0.3, -0.25) is 9.78 Å². The molecular weight excluding hydrogens is 336 g/mol. The van der Waals surface area contributed by atoms with Crippen LogP contribution in [0.3, 0.4) is 0 Å². The van der Waals surface area contributed by atoms with E-state index in [0.29, 0.717) is 16.8 Å². The number of aryl methyl sites for hydroxylation is 1. The van der Waals surface area contributed by atoms with Crippen LogP contribution in [0.1, 0.15) is 23.0 Å². The highest BCUT2D eigenvalue weighted by Crippen LogP contribution is 2.19. The molecular formula is C17H16N6O3. The van der Waals surface area contributed by atoms with Crippen molar-refractivity contribution in [1.82, 2.24) is 29.8 Å². The minimum absolute atomic E-state index is 0.00213. The molecule has 3 aromatic rings. The fourth-order valence-corrected chi connectivity index (χ4v) is 2.41. The summed E-state index contributed by atoms with van der Waals surface area (Å²) in [6.45, 7) is 5.47. The van der Waals surface area contributed by atoms with Gasteiger partial charge >= 0.3 is 5.97 Å². The summed E-state index contributed by atoms with van der Waals surface area (Å²) in [6, 6.07) is 3.08. The van der Waals surface area contributed by atoms with Crippen molar-refractivity contribution in [2.24, 2.45) is 7.05 Å². The first kappa shape index (κ1) is 17.2. The van der Waals surface area contributed by atoms with E-state index in [1.165, 1.54) is 19.4 Å². The quantitative estimate of drug-likeness (QED) is 0.651. The molecule has 9 nitrogen and oxygen atoms in total. The highest BCUT2D eigenvalue weighted by molar-refractivity contribution is 5.88. The molecule has 132 valence electrons. The van der Waals surface area contributed by atoms with Gasteiger partial charge in [0.2, 0.25) is 0 Å². The molecule has 0 aliphatic rings. The zero-order valence-corrected chi connectivity index (χ0v) is 14.5. The Morgan fingerprint density at radius 2 is 2.00 bits per heavy atom. The second-order valence-electron chi connectivity index (χ2n) is 5.61. The van der Waals surface area contributed by atoms with Crippen LogP contribution in [0.5, 0.6) is 0 Å². The van der Waals surface area contributed by atoms with Crippen molar-refractivity contribution < 1.29 is 9.53 Å². The number of allylic oxidation sites excluding steroid dienone is 1. The van der Waals surface area contributed by atoms with Gasteiger partial charge in [-0.2, -0.15) is 9.78 Å². The van der Waals surface area contributed by atoms with E-state index in [9.17, 15) is 9.59 Å². The molecule has 0 amide bonds. The molecule has 0 aliphatic heterocycles. The molecule has 3 aromatic heterocycles. The van der Waals surface area contributed by atoms with Gasteiger partial charge < -0.3 is 4.74 Å². The predicted octanol–water partition coefficient (Wildman–Crippen LogP) is 1.24. The number of methoxy groups -OCH3 is 1. The van der Waals surface area contributed by atoms with E-state index in [0.717, 1.165) is 10.4 Å². The van der Waals surface area contributed by atoms with E-state index in [4.69, 9.17) is 4.74 Å². The summed E-state index contributed by atoms with van der Waals surface area (Å²) in [5.41, 5.74) is 2.18. The van der Waals surface area contributed by atoms with Crippen LogP contribution in [-0.2, 0) is 11.8 Å². The molecule has 0 N–H and O–H groups in total. The smallest absolute Gasteiger partial charge is 0.358 e. The van der Waals surface area contributed by atoms with Crippen LogP contribution < -0.4 is 5.56 Å². The van der Waals surface area contributed by atoms with Crippen molar-refractivity contribution in [3.63, 3.8) is 0 Å². The SMILES string of the molecule is C=C(C)c1cc(C(=O)OC)nn(-c2cncc(-c3cnnn3C)c2)c1=O. The summed E-state index contributed by atoms with van der Waals surface area (Å²) in [5.74, 6) is -0.652. The summed E-state index contributed by atoms with van der Waals surface area (Å²) >= 11 is 0. The monoisotopic (exact) mass is 352 g/mol. The molecule has 9 heteroatoms. The lowest BCUT2D eigenvalue weighted by Gasteiger charge is -2.10. The average Bonchev–Trinajstić information content (AvgIpc) is 3.07. The van der Waals surface area contributed by atoms with Crippen LogP contribution in [0.25, 0.3) is 22.5 Å². The van der Waals surface area contributed by atoms with Crippen molar-refractivity contribution in [1.29, 1.82) is 0 Å². The van der Waals surface area contributed by atoms with Crippen molar-refractivity contribution in [3.05, 3.63) is 58.9 Å². The lowest BCUT2D eigenvalue weighted by atomic mass is 10.1. The molecule has 0 aliphatic carbocycles. The van der Waals surface area contributed by atoms with Gasteiger partial charge in [0.25, 0.3) is 5.56 Å². The Balaban J connectivity index is 2.22. The number of carbonyl (C=O) groups is 1. The molecule has 0 unspecified atom stereocenters. The van der Waals surface area contributed by atoms with Crippen LogP contribution >= 0.6 is 0 Å². The Labute approximate surface area is 148 Å². The van der Waals surface area contributed by atoms with E-state index in [2.05, 4.69) is 27.0 Å². The number of ether oxygens (including phenoxy) is 1. The zero-order chi connectivity index (χ0) is 18.8. The molecule has 0 bridgehead atoms. The normalized spacial score (nSPS) is 10.6. The third-order valence-corrected chi connectivity index (χ3v) is 3.74. The number of nitrogens with zero attached hydrogens (tertiary/aromatic N) is 6. The van der Waals surface area contributed by atoms with Crippen LogP contribution in [0.4, 0.5) is 0 Å². The fraction of sp³-hybridized carbons (Fsp3) is 0.176. The van der Waals surface area contributed by atoms with Gasteiger partial charge in [-0.15, -0.1) is 5.10 Å². The van der Waals surface area contributed by atoms with Crippen LogP contribution in [-0.4, -0.2) is 42.8 Å².